The van der Waals surface area contributed by atoms with Crippen LogP contribution in [0, 0.1) is 5.92 Å². The summed E-state index contributed by atoms with van der Waals surface area (Å²) < 4.78 is 46.7. The van der Waals surface area contributed by atoms with Gasteiger partial charge in [0.25, 0.3) is 5.91 Å². The molecule has 13 nitrogen and oxygen atoms in total. The minimum absolute atomic E-state index is 0.112. The van der Waals surface area contributed by atoms with E-state index in [1.54, 1.807) is 37.3 Å². The van der Waals surface area contributed by atoms with Gasteiger partial charge in [-0.25, -0.2) is 4.79 Å². The average molecular weight is 887 g/mol. The first-order chi connectivity index (χ1) is 31.0. The number of benzene rings is 3. The van der Waals surface area contributed by atoms with Gasteiger partial charge in [0, 0.05) is 13.1 Å². The lowest BCUT2D eigenvalue weighted by molar-refractivity contribution is -0.162. The van der Waals surface area contributed by atoms with Crippen molar-refractivity contribution in [3.05, 3.63) is 83.4 Å². The Kier molecular flexibility index (Phi) is 19.5. The Bertz CT molecular complexity index is 1980. The normalized spacial score (nSPS) is 18.4. The van der Waals surface area contributed by atoms with Crippen molar-refractivity contribution in [1.29, 1.82) is 0 Å². The zero-order chi connectivity index (χ0) is 46.0. The van der Waals surface area contributed by atoms with Crippen LogP contribution in [0.3, 0.4) is 0 Å². The number of nitrogens with one attached hydrogen (secondary N) is 1. The number of esters is 1. The van der Waals surface area contributed by atoms with E-state index >= 15 is 0 Å². The number of carbonyl (C=O) groups excluding carboxylic acids is 3. The third kappa shape index (κ3) is 13.5. The summed E-state index contributed by atoms with van der Waals surface area (Å²) in [6.07, 6.45) is 12.4. The first-order valence-electron chi connectivity index (χ1n) is 22.9. The van der Waals surface area contributed by atoms with Gasteiger partial charge in [-0.1, -0.05) is 51.1 Å². The zero-order valence-corrected chi connectivity index (χ0v) is 39.2. The van der Waals surface area contributed by atoms with Crippen LogP contribution in [-0.2, 0) is 30.3 Å². The second kappa shape index (κ2) is 25.2. The van der Waals surface area contributed by atoms with Crippen LogP contribution in [-0.4, -0.2) is 96.2 Å². The van der Waals surface area contributed by atoms with Crippen molar-refractivity contribution in [2.75, 3.05) is 55.2 Å². The number of ether oxygens (including phenoxy) is 8. The van der Waals surface area contributed by atoms with Gasteiger partial charge in [-0.05, 0) is 130 Å². The van der Waals surface area contributed by atoms with Crippen molar-refractivity contribution in [2.45, 2.75) is 122 Å². The molecule has 0 saturated carbocycles. The highest BCUT2D eigenvalue weighted by Crippen LogP contribution is 2.42. The fourth-order valence-electron chi connectivity index (χ4n) is 8.51. The fraction of sp³-hybridized carbons (Fsp3) is 0.549. The first kappa shape index (κ1) is 49.6. The average Bonchev–Trinajstić information content (AvgIpc) is 3.31. The van der Waals surface area contributed by atoms with E-state index in [1.807, 2.05) is 43.3 Å². The predicted molar refractivity (Wildman–Crippen MR) is 246 cm³/mol. The summed E-state index contributed by atoms with van der Waals surface area (Å²) in [6, 6.07) is 15.8. The molecule has 1 N–H and O–H groups in total. The molecule has 1 aliphatic heterocycles. The number of allylic oxidation sites excluding steroid dienone is 2. The van der Waals surface area contributed by atoms with Gasteiger partial charge in [-0.15, -0.1) is 0 Å². The van der Waals surface area contributed by atoms with E-state index in [-0.39, 0.29) is 36.5 Å². The van der Waals surface area contributed by atoms with Gasteiger partial charge in [-0.2, -0.15) is 0 Å². The van der Waals surface area contributed by atoms with Crippen LogP contribution in [0.15, 0.2) is 66.7 Å². The van der Waals surface area contributed by atoms with E-state index in [2.05, 4.69) is 31.3 Å². The number of likely N-dealkylation sites (tertiary alicyclic amines) is 1. The molecule has 2 unspecified atom stereocenters. The molecule has 1 fully saturated rings. The van der Waals surface area contributed by atoms with E-state index in [0.29, 0.717) is 84.4 Å². The van der Waals surface area contributed by atoms with E-state index < -0.39 is 24.0 Å². The lowest BCUT2D eigenvalue weighted by Gasteiger charge is -2.37. The maximum absolute atomic E-state index is 14.5. The summed E-state index contributed by atoms with van der Waals surface area (Å²) in [6.45, 7) is 6.79. The number of aryl methyl sites for hydroxylation is 1. The molecular weight excluding hydrogens is 817 g/mol. The second-order valence-corrected chi connectivity index (χ2v) is 16.8. The second-order valence-electron chi connectivity index (χ2n) is 16.8. The highest BCUT2D eigenvalue weighted by Gasteiger charge is 2.38. The molecule has 5 rings (SSSR count). The number of hydrogen-bond donors (Lipinski definition) is 1. The summed E-state index contributed by atoms with van der Waals surface area (Å²) in [5.41, 5.74) is 2.36. The Hall–Kier alpha value is -5.43. The number of methoxy groups -OCH3 is 5. The zero-order valence-electron chi connectivity index (χ0n) is 39.2. The van der Waals surface area contributed by atoms with Crippen LogP contribution in [0.4, 0.5) is 0 Å². The quantitative estimate of drug-likeness (QED) is 0.0764. The van der Waals surface area contributed by atoms with Crippen molar-refractivity contribution in [3.8, 4) is 34.5 Å². The summed E-state index contributed by atoms with van der Waals surface area (Å²) in [5, 5.41) is 3.02. The van der Waals surface area contributed by atoms with Gasteiger partial charge in [0.15, 0.2) is 29.6 Å². The predicted octanol–water partition coefficient (Wildman–Crippen LogP) is 8.95. The lowest BCUT2D eigenvalue weighted by Crippen LogP contribution is -2.50. The highest BCUT2D eigenvalue weighted by atomic mass is 16.5. The monoisotopic (exact) mass is 886 g/mol. The summed E-state index contributed by atoms with van der Waals surface area (Å²) in [7, 11) is 7.80. The smallest absolute Gasteiger partial charge is 0.329 e. The third-order valence-electron chi connectivity index (χ3n) is 12.2. The van der Waals surface area contributed by atoms with E-state index in [0.717, 1.165) is 50.5 Å². The molecule has 0 radical (unpaired) electrons. The SMILES string of the molecule is CC[C@H](C(=O)N1CCCC[C@H]1C(=O)O[C@H](CCc1ccc(OC)c(OC)c1)c1cccc(OCC(=O)NCC(OC2CC/C=C/CCC2)C(C)C)c1)c1cc(OC)c(OC)c(OC)c1. The number of rotatable bonds is 22. The van der Waals surface area contributed by atoms with Gasteiger partial charge in [0.1, 0.15) is 17.9 Å². The van der Waals surface area contributed by atoms with Gasteiger partial charge in [0.2, 0.25) is 11.7 Å². The first-order valence-corrected chi connectivity index (χ1v) is 22.9. The molecule has 3 aromatic rings. The molecule has 2 aliphatic rings. The number of amides is 2. The number of piperidine rings is 1. The van der Waals surface area contributed by atoms with Crippen LogP contribution in [0.1, 0.15) is 114 Å². The molecule has 5 atom stereocenters. The minimum Gasteiger partial charge on any atom is -0.493 e. The molecule has 1 saturated heterocycles. The molecule has 13 heteroatoms. The maximum Gasteiger partial charge on any atom is 0.329 e. The van der Waals surface area contributed by atoms with Gasteiger partial charge in [0.05, 0.1) is 53.7 Å². The molecule has 0 aromatic heterocycles. The van der Waals surface area contributed by atoms with Crippen LogP contribution in [0.5, 0.6) is 34.5 Å². The van der Waals surface area contributed by atoms with Crippen molar-refractivity contribution < 1.29 is 52.3 Å². The molecule has 350 valence electrons. The fourth-order valence-corrected chi connectivity index (χ4v) is 8.51. The Morgan fingerprint density at radius 3 is 2.19 bits per heavy atom. The van der Waals surface area contributed by atoms with Gasteiger partial charge >= 0.3 is 5.97 Å². The standard InChI is InChI=1S/C51H70N2O11/c1-9-40(37-30-45(59-6)49(61-8)46(31-37)60-7)50(55)53-27-16-15-22-41(53)51(56)64-42(25-23-35-24-26-43(57-4)44(28-35)58-5)36-18-17-21-39(29-36)62-33-48(54)52-32-47(34(2)3)63-38-19-13-11-10-12-14-20-38/h10-11,17-18,21,24,26,28-31,34,38,40-42,47H,9,12-16,19-20,22-23,25,27,32-33H2,1-8H3,(H,52,54)/b11-10+/t38?,40-,41-,42+,47?/m0/s1. The van der Waals surface area contributed by atoms with E-state index in [9.17, 15) is 14.4 Å². The Morgan fingerprint density at radius 1 is 0.766 bits per heavy atom. The third-order valence-corrected chi connectivity index (χ3v) is 12.2. The van der Waals surface area contributed by atoms with Crippen molar-refractivity contribution in [2.24, 2.45) is 5.92 Å². The van der Waals surface area contributed by atoms with Crippen LogP contribution in [0.25, 0.3) is 0 Å². The Morgan fingerprint density at radius 2 is 1.50 bits per heavy atom. The molecule has 1 heterocycles. The number of nitrogens with zero attached hydrogens (tertiary/aromatic N) is 1. The Balaban J connectivity index is 1.32. The minimum atomic E-state index is -0.786. The number of hydrogen-bond acceptors (Lipinski definition) is 11. The summed E-state index contributed by atoms with van der Waals surface area (Å²) in [5.74, 6) is 1.77. The van der Waals surface area contributed by atoms with Gasteiger partial charge in [-0.3, -0.25) is 9.59 Å². The van der Waals surface area contributed by atoms with Gasteiger partial charge < -0.3 is 48.1 Å². The van der Waals surface area contributed by atoms with Crippen molar-refractivity contribution in [3.63, 3.8) is 0 Å². The largest absolute Gasteiger partial charge is 0.493 e. The van der Waals surface area contributed by atoms with Crippen molar-refractivity contribution >= 4 is 17.8 Å². The molecule has 3 aromatic carbocycles. The van der Waals surface area contributed by atoms with E-state index in [4.69, 9.17) is 37.9 Å². The van der Waals surface area contributed by atoms with Crippen LogP contribution in [0.2, 0.25) is 0 Å². The van der Waals surface area contributed by atoms with Crippen LogP contribution < -0.4 is 33.7 Å². The lowest BCUT2D eigenvalue weighted by atomic mass is 9.91. The molecule has 1 aliphatic carbocycles. The highest BCUT2D eigenvalue weighted by molar-refractivity contribution is 5.89. The molecule has 0 spiro atoms. The number of carbonyl (C=O) groups is 3. The van der Waals surface area contributed by atoms with E-state index in [1.165, 1.54) is 21.3 Å². The van der Waals surface area contributed by atoms with Crippen LogP contribution >= 0.6 is 0 Å². The molecule has 2 amide bonds. The Labute approximate surface area is 380 Å². The maximum atomic E-state index is 14.5. The summed E-state index contributed by atoms with van der Waals surface area (Å²) >= 11 is 0. The molecule has 64 heavy (non-hydrogen) atoms. The van der Waals surface area contributed by atoms with Crippen molar-refractivity contribution in [1.82, 2.24) is 10.2 Å². The summed E-state index contributed by atoms with van der Waals surface area (Å²) in [4.78, 5) is 43.8. The molecule has 0 bridgehead atoms. The topological polar surface area (TPSA) is 140 Å². The molecular formula is C51H70N2O11.